The van der Waals surface area contributed by atoms with Gasteiger partial charge in [0.25, 0.3) is 5.69 Å². The number of nitro benzene ring substituents is 1. The van der Waals surface area contributed by atoms with Gasteiger partial charge in [0.15, 0.2) is 0 Å². The molecule has 0 radical (unpaired) electrons. The summed E-state index contributed by atoms with van der Waals surface area (Å²) in [4.78, 5) is 11.2. The predicted octanol–water partition coefficient (Wildman–Crippen LogP) is 3.40. The Balaban J connectivity index is 3.00. The van der Waals surface area contributed by atoms with Crippen LogP contribution in [-0.4, -0.2) is 15.8 Å². The number of thioether (sulfide) groups is 1. The first-order valence-corrected chi connectivity index (χ1v) is 6.49. The van der Waals surface area contributed by atoms with E-state index in [0.717, 1.165) is 5.75 Å². The van der Waals surface area contributed by atoms with Gasteiger partial charge in [0, 0.05) is 11.8 Å². The van der Waals surface area contributed by atoms with Crippen LogP contribution in [0.15, 0.2) is 23.1 Å². The zero-order chi connectivity index (χ0) is 13.0. The third-order valence-corrected chi connectivity index (χ3v) is 3.72. The molecule has 0 bridgehead atoms. The molecular formula is C12H17NO3S. The molecule has 1 atom stereocenters. The molecule has 1 aromatic carbocycles. The maximum absolute atomic E-state index is 11.0. The maximum atomic E-state index is 11.0. The van der Waals surface area contributed by atoms with Crippen molar-refractivity contribution in [2.45, 2.75) is 31.8 Å². The fourth-order valence-corrected chi connectivity index (χ4v) is 2.27. The van der Waals surface area contributed by atoms with Crippen molar-refractivity contribution in [2.75, 3.05) is 5.75 Å². The number of aliphatic hydroxyl groups is 1. The second-order valence-electron chi connectivity index (χ2n) is 4.37. The van der Waals surface area contributed by atoms with Gasteiger partial charge in [-0.15, -0.1) is 11.8 Å². The van der Waals surface area contributed by atoms with Crippen LogP contribution in [0.5, 0.6) is 0 Å². The quantitative estimate of drug-likeness (QED) is 0.497. The average molecular weight is 255 g/mol. The molecule has 0 aliphatic heterocycles. The summed E-state index contributed by atoms with van der Waals surface area (Å²) in [5.74, 6) is 1.32. The van der Waals surface area contributed by atoms with Crippen molar-refractivity contribution in [3.8, 4) is 0 Å². The summed E-state index contributed by atoms with van der Waals surface area (Å²) >= 11 is 1.48. The molecule has 0 saturated carbocycles. The highest BCUT2D eigenvalue weighted by Crippen LogP contribution is 2.32. The van der Waals surface area contributed by atoms with Crippen LogP contribution in [-0.2, 0) is 0 Å². The van der Waals surface area contributed by atoms with E-state index in [-0.39, 0.29) is 5.69 Å². The first-order valence-electron chi connectivity index (χ1n) is 5.51. The Morgan fingerprint density at radius 2 is 2.06 bits per heavy atom. The monoisotopic (exact) mass is 255 g/mol. The standard InChI is InChI=1S/C12H17NO3S/c1-8(2)7-17-12-5-4-10(9(3)14)6-11(12)13(15)16/h4-6,8-9,14H,7H2,1-3H3. The van der Waals surface area contributed by atoms with Crippen LogP contribution in [0.1, 0.15) is 32.4 Å². The molecule has 0 fully saturated rings. The van der Waals surface area contributed by atoms with Gasteiger partial charge in [0.1, 0.15) is 0 Å². The molecule has 0 spiro atoms. The summed E-state index contributed by atoms with van der Waals surface area (Å²) in [5, 5.41) is 20.4. The van der Waals surface area contributed by atoms with Crippen molar-refractivity contribution in [1.82, 2.24) is 0 Å². The van der Waals surface area contributed by atoms with Gasteiger partial charge in [-0.25, -0.2) is 0 Å². The number of nitrogens with zero attached hydrogens (tertiary/aromatic N) is 1. The fourth-order valence-electron chi connectivity index (χ4n) is 1.32. The number of benzene rings is 1. The Morgan fingerprint density at radius 3 is 2.53 bits per heavy atom. The number of nitro groups is 1. The summed E-state index contributed by atoms with van der Waals surface area (Å²) in [7, 11) is 0. The zero-order valence-electron chi connectivity index (χ0n) is 10.2. The van der Waals surface area contributed by atoms with Crippen molar-refractivity contribution in [1.29, 1.82) is 0 Å². The Bertz CT molecular complexity index is 405. The van der Waals surface area contributed by atoms with Gasteiger partial charge in [0.05, 0.1) is 15.9 Å². The van der Waals surface area contributed by atoms with Crippen molar-refractivity contribution in [2.24, 2.45) is 5.92 Å². The van der Waals surface area contributed by atoms with E-state index in [2.05, 4.69) is 13.8 Å². The Morgan fingerprint density at radius 1 is 1.41 bits per heavy atom. The molecule has 0 amide bonds. The zero-order valence-corrected chi connectivity index (χ0v) is 11.0. The molecule has 0 aliphatic carbocycles. The maximum Gasteiger partial charge on any atom is 0.283 e. The second-order valence-corrected chi connectivity index (χ2v) is 5.43. The second kappa shape index (κ2) is 6.02. The van der Waals surface area contributed by atoms with Crippen LogP contribution >= 0.6 is 11.8 Å². The van der Waals surface area contributed by atoms with E-state index in [0.29, 0.717) is 16.4 Å². The Hall–Kier alpha value is -1.07. The lowest BCUT2D eigenvalue weighted by Gasteiger charge is -2.08. The SMILES string of the molecule is CC(C)CSc1ccc(C(C)O)cc1[N+](=O)[O-]. The van der Waals surface area contributed by atoms with Crippen molar-refractivity contribution in [3.63, 3.8) is 0 Å². The van der Waals surface area contributed by atoms with E-state index in [1.807, 2.05) is 0 Å². The third kappa shape index (κ3) is 4.02. The van der Waals surface area contributed by atoms with Gasteiger partial charge in [-0.1, -0.05) is 19.9 Å². The van der Waals surface area contributed by atoms with Crippen molar-refractivity contribution < 1.29 is 10.0 Å². The lowest BCUT2D eigenvalue weighted by molar-refractivity contribution is -0.387. The lowest BCUT2D eigenvalue weighted by atomic mass is 10.1. The minimum absolute atomic E-state index is 0.0778. The van der Waals surface area contributed by atoms with Gasteiger partial charge < -0.3 is 5.11 Å². The van der Waals surface area contributed by atoms with Crippen LogP contribution in [0.25, 0.3) is 0 Å². The van der Waals surface area contributed by atoms with Gasteiger partial charge in [0.2, 0.25) is 0 Å². The van der Waals surface area contributed by atoms with E-state index in [1.54, 1.807) is 19.1 Å². The lowest BCUT2D eigenvalue weighted by Crippen LogP contribution is -1.98. The summed E-state index contributed by atoms with van der Waals surface area (Å²) in [6, 6.07) is 4.90. The Kier molecular flexibility index (Phi) is 4.96. The van der Waals surface area contributed by atoms with Gasteiger partial charge in [-0.05, 0) is 24.5 Å². The largest absolute Gasteiger partial charge is 0.389 e. The molecular weight excluding hydrogens is 238 g/mol. The third-order valence-electron chi connectivity index (χ3n) is 2.23. The van der Waals surface area contributed by atoms with Gasteiger partial charge in [-0.3, -0.25) is 10.1 Å². The molecule has 4 nitrogen and oxygen atoms in total. The molecule has 1 unspecified atom stereocenters. The highest BCUT2D eigenvalue weighted by atomic mass is 32.2. The number of hydrogen-bond donors (Lipinski definition) is 1. The number of rotatable bonds is 5. The highest BCUT2D eigenvalue weighted by Gasteiger charge is 2.16. The summed E-state index contributed by atoms with van der Waals surface area (Å²) in [6.45, 7) is 5.74. The minimum atomic E-state index is -0.683. The van der Waals surface area contributed by atoms with Crippen LogP contribution in [0.2, 0.25) is 0 Å². The topological polar surface area (TPSA) is 63.4 Å². The first kappa shape index (κ1) is 14.0. The molecule has 94 valence electrons. The van der Waals surface area contributed by atoms with Gasteiger partial charge in [-0.2, -0.15) is 0 Å². The minimum Gasteiger partial charge on any atom is -0.389 e. The average Bonchev–Trinajstić information content (AvgIpc) is 2.25. The van der Waals surface area contributed by atoms with Crippen molar-refractivity contribution >= 4 is 17.4 Å². The molecule has 0 heterocycles. The molecule has 17 heavy (non-hydrogen) atoms. The van der Waals surface area contributed by atoms with Crippen LogP contribution in [0, 0.1) is 16.0 Å². The Labute approximate surface area is 105 Å². The molecule has 1 aromatic rings. The van der Waals surface area contributed by atoms with E-state index >= 15 is 0 Å². The molecule has 1 N–H and O–H groups in total. The molecule has 5 heteroatoms. The van der Waals surface area contributed by atoms with E-state index in [1.165, 1.54) is 17.8 Å². The van der Waals surface area contributed by atoms with Crippen LogP contribution in [0.3, 0.4) is 0 Å². The van der Waals surface area contributed by atoms with Crippen LogP contribution < -0.4 is 0 Å². The summed E-state index contributed by atoms with van der Waals surface area (Å²) in [6.07, 6.45) is -0.683. The number of hydrogen-bond acceptors (Lipinski definition) is 4. The molecule has 0 aliphatic rings. The van der Waals surface area contributed by atoms with Gasteiger partial charge >= 0.3 is 0 Å². The summed E-state index contributed by atoms with van der Waals surface area (Å²) < 4.78 is 0. The predicted molar refractivity (Wildman–Crippen MR) is 69.3 cm³/mol. The fraction of sp³-hybridized carbons (Fsp3) is 0.500. The molecule has 1 rings (SSSR count). The first-order chi connectivity index (χ1) is 7.91. The van der Waals surface area contributed by atoms with E-state index in [4.69, 9.17) is 0 Å². The molecule has 0 aromatic heterocycles. The summed E-state index contributed by atoms with van der Waals surface area (Å²) in [5.41, 5.74) is 0.652. The normalized spacial score (nSPS) is 12.8. The van der Waals surface area contributed by atoms with Crippen molar-refractivity contribution in [3.05, 3.63) is 33.9 Å². The highest BCUT2D eigenvalue weighted by molar-refractivity contribution is 7.99. The van der Waals surface area contributed by atoms with Crippen LogP contribution in [0.4, 0.5) is 5.69 Å². The smallest absolute Gasteiger partial charge is 0.283 e. The van der Waals surface area contributed by atoms with E-state index < -0.39 is 11.0 Å². The number of aliphatic hydroxyl groups excluding tert-OH is 1. The van der Waals surface area contributed by atoms with E-state index in [9.17, 15) is 15.2 Å². The molecule has 0 saturated heterocycles.